The van der Waals surface area contributed by atoms with Gasteiger partial charge in [0.25, 0.3) is 0 Å². The Balaban J connectivity index is 2.22. The highest BCUT2D eigenvalue weighted by molar-refractivity contribution is 5.68. The van der Waals surface area contributed by atoms with Crippen LogP contribution in [-0.2, 0) is 18.5 Å². The van der Waals surface area contributed by atoms with Crippen LogP contribution in [-0.4, -0.2) is 29.2 Å². The molecule has 0 bridgehead atoms. The van der Waals surface area contributed by atoms with E-state index in [0.717, 1.165) is 32.4 Å². The summed E-state index contributed by atoms with van der Waals surface area (Å²) in [6.07, 6.45) is 2.04. The topological polar surface area (TPSA) is 52.6 Å². The van der Waals surface area contributed by atoms with E-state index in [2.05, 4.69) is 44.3 Å². The van der Waals surface area contributed by atoms with E-state index in [-0.39, 0.29) is 5.41 Å². The zero-order valence-electron chi connectivity index (χ0n) is 13.8. The molecule has 2 aliphatic rings. The number of carboxylic acid groups (broad SMARTS) is 1. The molecule has 0 radical (unpaired) electrons. The van der Waals surface area contributed by atoms with E-state index >= 15 is 0 Å². The van der Waals surface area contributed by atoms with E-state index in [9.17, 15) is 9.90 Å². The van der Waals surface area contributed by atoms with Crippen LogP contribution >= 0.6 is 0 Å². The SMILES string of the molecule is CC(C)(C)C1(c2cccc3c2CCNC3)CCCN1C(=O)O. The maximum atomic E-state index is 11.9. The lowest BCUT2D eigenvalue weighted by molar-refractivity contribution is 0.0269. The third-order valence-corrected chi connectivity index (χ3v) is 5.44. The van der Waals surface area contributed by atoms with Crippen molar-refractivity contribution < 1.29 is 9.90 Å². The first-order valence-electron chi connectivity index (χ1n) is 8.20. The highest BCUT2D eigenvalue weighted by Crippen LogP contribution is 2.52. The zero-order chi connectivity index (χ0) is 16.0. The molecule has 2 heterocycles. The first-order chi connectivity index (χ1) is 10.4. The minimum atomic E-state index is -0.793. The van der Waals surface area contributed by atoms with Crippen molar-refractivity contribution in [3.63, 3.8) is 0 Å². The lowest BCUT2D eigenvalue weighted by Gasteiger charge is -2.49. The molecule has 1 aromatic carbocycles. The molecule has 1 atom stereocenters. The molecule has 0 aromatic heterocycles. The van der Waals surface area contributed by atoms with Gasteiger partial charge in [0, 0.05) is 13.1 Å². The molecule has 22 heavy (non-hydrogen) atoms. The van der Waals surface area contributed by atoms with Crippen LogP contribution < -0.4 is 5.32 Å². The van der Waals surface area contributed by atoms with Crippen LogP contribution in [0.1, 0.15) is 50.3 Å². The van der Waals surface area contributed by atoms with Gasteiger partial charge in [-0.15, -0.1) is 0 Å². The minimum Gasteiger partial charge on any atom is -0.465 e. The fraction of sp³-hybridized carbons (Fsp3) is 0.611. The third-order valence-electron chi connectivity index (χ3n) is 5.44. The number of benzene rings is 1. The maximum absolute atomic E-state index is 11.9. The number of hydrogen-bond acceptors (Lipinski definition) is 2. The average Bonchev–Trinajstić information content (AvgIpc) is 2.92. The van der Waals surface area contributed by atoms with Gasteiger partial charge in [-0.3, -0.25) is 4.90 Å². The Hall–Kier alpha value is -1.55. The fourth-order valence-corrected chi connectivity index (χ4v) is 4.46. The van der Waals surface area contributed by atoms with Crippen LogP contribution in [0.2, 0.25) is 0 Å². The summed E-state index contributed by atoms with van der Waals surface area (Å²) in [6.45, 7) is 9.01. The number of rotatable bonds is 1. The van der Waals surface area contributed by atoms with Gasteiger partial charge in [0.2, 0.25) is 0 Å². The predicted molar refractivity (Wildman–Crippen MR) is 87.0 cm³/mol. The van der Waals surface area contributed by atoms with Crippen molar-refractivity contribution in [2.75, 3.05) is 13.1 Å². The number of likely N-dealkylation sites (tertiary alicyclic amines) is 1. The average molecular weight is 302 g/mol. The first kappa shape index (κ1) is 15.3. The molecule has 1 unspecified atom stereocenters. The van der Waals surface area contributed by atoms with Gasteiger partial charge >= 0.3 is 6.09 Å². The molecule has 0 spiro atoms. The van der Waals surface area contributed by atoms with Crippen molar-refractivity contribution >= 4 is 6.09 Å². The van der Waals surface area contributed by atoms with Crippen LogP contribution in [0.25, 0.3) is 0 Å². The number of fused-ring (bicyclic) bond motifs is 1. The highest BCUT2D eigenvalue weighted by atomic mass is 16.4. The Morgan fingerprint density at radius 3 is 2.82 bits per heavy atom. The number of nitrogens with zero attached hydrogens (tertiary/aromatic N) is 1. The third kappa shape index (κ3) is 2.12. The number of amides is 1. The molecule has 0 saturated carbocycles. The Bertz CT molecular complexity index is 591. The van der Waals surface area contributed by atoms with E-state index in [0.29, 0.717) is 6.54 Å². The van der Waals surface area contributed by atoms with E-state index in [1.165, 1.54) is 16.7 Å². The summed E-state index contributed by atoms with van der Waals surface area (Å²) in [4.78, 5) is 13.6. The molecule has 1 fully saturated rings. The van der Waals surface area contributed by atoms with E-state index in [1.807, 2.05) is 0 Å². The summed E-state index contributed by atoms with van der Waals surface area (Å²) in [5.74, 6) is 0. The Morgan fingerprint density at radius 2 is 2.14 bits per heavy atom. The summed E-state index contributed by atoms with van der Waals surface area (Å²) in [6, 6.07) is 6.42. The van der Waals surface area contributed by atoms with E-state index < -0.39 is 11.6 Å². The van der Waals surface area contributed by atoms with E-state index in [1.54, 1.807) is 4.90 Å². The van der Waals surface area contributed by atoms with Crippen molar-refractivity contribution in [3.8, 4) is 0 Å². The molecule has 0 aliphatic carbocycles. The largest absolute Gasteiger partial charge is 0.465 e. The number of carbonyl (C=O) groups is 1. The summed E-state index contributed by atoms with van der Waals surface area (Å²) >= 11 is 0. The molecule has 4 heteroatoms. The van der Waals surface area contributed by atoms with Crippen molar-refractivity contribution in [2.45, 2.75) is 52.1 Å². The summed E-state index contributed by atoms with van der Waals surface area (Å²) in [5.41, 5.74) is 3.37. The van der Waals surface area contributed by atoms with Gasteiger partial charge in [-0.1, -0.05) is 39.0 Å². The second-order valence-corrected chi connectivity index (χ2v) is 7.52. The lowest BCUT2D eigenvalue weighted by atomic mass is 9.65. The molecule has 3 rings (SSSR count). The van der Waals surface area contributed by atoms with Crippen molar-refractivity contribution in [2.24, 2.45) is 5.41 Å². The molecule has 120 valence electrons. The highest BCUT2D eigenvalue weighted by Gasteiger charge is 2.53. The van der Waals surface area contributed by atoms with Gasteiger partial charge in [-0.05, 0) is 47.9 Å². The lowest BCUT2D eigenvalue weighted by Crippen LogP contribution is -2.53. The molecular formula is C18H26N2O2. The van der Waals surface area contributed by atoms with Crippen molar-refractivity contribution in [1.29, 1.82) is 0 Å². The molecule has 1 amide bonds. The summed E-state index contributed by atoms with van der Waals surface area (Å²) < 4.78 is 0. The van der Waals surface area contributed by atoms with Gasteiger partial charge in [-0.2, -0.15) is 0 Å². The second kappa shape index (κ2) is 5.27. The molecule has 4 nitrogen and oxygen atoms in total. The molecule has 2 aliphatic heterocycles. The smallest absolute Gasteiger partial charge is 0.408 e. The van der Waals surface area contributed by atoms with Gasteiger partial charge in [0.15, 0.2) is 0 Å². The Kier molecular flexibility index (Phi) is 3.68. The minimum absolute atomic E-state index is 0.137. The van der Waals surface area contributed by atoms with Gasteiger partial charge in [0.05, 0.1) is 5.54 Å². The van der Waals surface area contributed by atoms with Crippen LogP contribution in [0.4, 0.5) is 4.79 Å². The van der Waals surface area contributed by atoms with Crippen molar-refractivity contribution in [1.82, 2.24) is 10.2 Å². The number of hydrogen-bond donors (Lipinski definition) is 2. The molecule has 2 N–H and O–H groups in total. The monoisotopic (exact) mass is 302 g/mol. The molecule has 1 saturated heterocycles. The van der Waals surface area contributed by atoms with Crippen LogP contribution in [0, 0.1) is 5.41 Å². The number of nitrogens with one attached hydrogen (secondary N) is 1. The zero-order valence-corrected chi connectivity index (χ0v) is 13.8. The molecule has 1 aromatic rings. The first-order valence-corrected chi connectivity index (χ1v) is 8.20. The van der Waals surface area contributed by atoms with Crippen LogP contribution in [0.5, 0.6) is 0 Å². The van der Waals surface area contributed by atoms with Crippen LogP contribution in [0.3, 0.4) is 0 Å². The molecular weight excluding hydrogens is 276 g/mol. The quantitative estimate of drug-likeness (QED) is 0.836. The fourth-order valence-electron chi connectivity index (χ4n) is 4.46. The summed E-state index contributed by atoms with van der Waals surface area (Å²) in [7, 11) is 0. The normalized spacial score (nSPS) is 25.1. The van der Waals surface area contributed by atoms with Crippen molar-refractivity contribution in [3.05, 3.63) is 34.9 Å². The predicted octanol–water partition coefficient (Wildman–Crippen LogP) is 3.35. The standard InChI is InChI=1S/C18H26N2O2/c1-17(2,3)18(9-5-11-20(18)16(21)22)15-7-4-6-13-12-19-10-8-14(13)15/h4,6-7,19H,5,8-12H2,1-3H3,(H,21,22). The Morgan fingerprint density at radius 1 is 1.36 bits per heavy atom. The van der Waals surface area contributed by atoms with Gasteiger partial charge in [-0.25, -0.2) is 4.79 Å². The van der Waals surface area contributed by atoms with E-state index in [4.69, 9.17) is 0 Å². The maximum Gasteiger partial charge on any atom is 0.408 e. The second-order valence-electron chi connectivity index (χ2n) is 7.52. The van der Waals surface area contributed by atoms with Crippen LogP contribution in [0.15, 0.2) is 18.2 Å². The van der Waals surface area contributed by atoms with Gasteiger partial charge in [0.1, 0.15) is 0 Å². The van der Waals surface area contributed by atoms with Gasteiger partial charge < -0.3 is 10.4 Å². The summed E-state index contributed by atoms with van der Waals surface area (Å²) in [5, 5.41) is 13.2. The Labute approximate surface area is 132 Å².